The molecule has 9 N–H and O–H groups in total. The molecular weight excluding hydrogens is 2000 g/mol. The number of imide groups is 2. The number of ketones is 1. The summed E-state index contributed by atoms with van der Waals surface area (Å²) in [6, 6.07) is 32.1. The molecule has 139 heavy (non-hydrogen) atoms. The molecule has 6 aromatic rings. The number of hydroxylamine groups is 4. The van der Waals surface area contributed by atoms with Crippen LogP contribution in [-0.2, 0) is 140 Å². The number of nitrogens with two attached hydrogens (primary N) is 1. The number of fused-ring (bicyclic) bond motifs is 3. The Morgan fingerprint density at radius 3 is 1.14 bits per heavy atom. The second kappa shape index (κ2) is 59.1. The Morgan fingerprint density at radius 1 is 0.424 bits per heavy atom. The highest BCUT2D eigenvalue weighted by molar-refractivity contribution is 7.91. The summed E-state index contributed by atoms with van der Waals surface area (Å²) < 4.78 is 130. The lowest BCUT2D eigenvalue weighted by molar-refractivity contribution is -0.216. The summed E-state index contributed by atoms with van der Waals surface area (Å²) >= 11 is 38.2. The fourth-order valence-corrected chi connectivity index (χ4v) is 20.1. The number of sulfonamides is 2. The summed E-state index contributed by atoms with van der Waals surface area (Å²) in [7, 11) is -3.24. The lowest BCUT2D eigenvalue weighted by atomic mass is 9.85. The topological polar surface area (TPSA) is 500 Å². The number of likely N-dealkylation sites (N-methyl/N-ethyl adjacent to an activating group) is 3. The van der Waals surface area contributed by atoms with Crippen molar-refractivity contribution in [2.24, 2.45) is 5.73 Å². The molecule has 0 saturated carbocycles. The van der Waals surface area contributed by atoms with Gasteiger partial charge < -0.3 is 98.5 Å². The maximum atomic E-state index is 13.0. The van der Waals surface area contributed by atoms with E-state index in [-0.39, 0.29) is 141 Å². The summed E-state index contributed by atoms with van der Waals surface area (Å²) in [5.41, 5.74) is 14.2. The lowest BCUT2D eigenvalue weighted by Crippen LogP contribution is -2.47. The van der Waals surface area contributed by atoms with E-state index in [1.54, 1.807) is 73.8 Å². The van der Waals surface area contributed by atoms with Crippen molar-refractivity contribution in [2.45, 2.75) is 135 Å². The number of Topliss-reactive ketones (excluding diaryl/α,β-unsaturated/α-hetero) is 1. The van der Waals surface area contributed by atoms with Crippen LogP contribution in [0.2, 0.25) is 30.1 Å². The first-order chi connectivity index (χ1) is 66.3. The number of hydrogen-bond acceptors (Lipinski definition) is 33. The number of carbonyl (C=O) groups excluding carboxylic acids is 8. The first-order valence-electron chi connectivity index (χ1n) is 44.8. The molecule has 5 aliphatic heterocycles. The van der Waals surface area contributed by atoms with Crippen molar-refractivity contribution in [2.75, 3.05) is 192 Å². The van der Waals surface area contributed by atoms with Crippen molar-refractivity contribution in [3.8, 4) is 0 Å². The Bertz CT molecular complexity index is 5370. The molecule has 2 fully saturated rings. The van der Waals surface area contributed by atoms with Crippen LogP contribution < -0.4 is 20.5 Å². The molecule has 0 aliphatic carbocycles. The maximum absolute atomic E-state index is 13.0. The van der Waals surface area contributed by atoms with Crippen LogP contribution in [0.5, 0.6) is 0 Å². The van der Waals surface area contributed by atoms with Crippen molar-refractivity contribution in [1.82, 2.24) is 39.6 Å². The van der Waals surface area contributed by atoms with Gasteiger partial charge in [0.1, 0.15) is 6.10 Å². The first-order valence-corrected chi connectivity index (χ1v) is 51.7. The predicted molar refractivity (Wildman–Crippen MR) is 514 cm³/mol. The van der Waals surface area contributed by atoms with Gasteiger partial charge in [0.15, 0.2) is 33.9 Å². The van der Waals surface area contributed by atoms with Crippen LogP contribution in [0.4, 0.5) is 0 Å². The van der Waals surface area contributed by atoms with Gasteiger partial charge in [-0.25, -0.2) is 44.3 Å². The summed E-state index contributed by atoms with van der Waals surface area (Å²) in [6.07, 6.45) is -7.75. The number of nitrogens with zero attached hydrogens (tertiary/aromatic N) is 5. The third-order valence-corrected chi connectivity index (χ3v) is 28.2. The van der Waals surface area contributed by atoms with E-state index in [1.165, 1.54) is 0 Å². The smallest absolute Gasteiger partial charge is 0.364 e. The number of amides is 5. The Kier molecular flexibility index (Phi) is 49.6. The van der Waals surface area contributed by atoms with E-state index < -0.39 is 102 Å². The Balaban J connectivity index is 0.000000236. The summed E-state index contributed by atoms with van der Waals surface area (Å²) in [5.74, 6) is -8.21. The number of sulfone groups is 1. The fraction of sp³-hybridized carbons (Fsp3) is 0.522. The van der Waals surface area contributed by atoms with Gasteiger partial charge in [-0.1, -0.05) is 113 Å². The highest BCUT2D eigenvalue weighted by Crippen LogP contribution is 2.43. The number of aliphatic hydroxyl groups is 4. The molecule has 0 spiro atoms. The molecule has 0 aromatic heterocycles. The number of carbonyl (C=O) groups is 8. The van der Waals surface area contributed by atoms with Gasteiger partial charge in [0.2, 0.25) is 20.0 Å². The minimum atomic E-state index is -3.79. The van der Waals surface area contributed by atoms with Gasteiger partial charge in [0, 0.05) is 172 Å². The largest absolute Gasteiger partial charge is 0.382 e. The van der Waals surface area contributed by atoms with E-state index in [9.17, 15) is 84.0 Å². The molecule has 0 radical (unpaired) electrons. The third-order valence-electron chi connectivity index (χ3n) is 21.9. The number of rotatable bonds is 52. The van der Waals surface area contributed by atoms with E-state index >= 15 is 0 Å². The zero-order valence-electron chi connectivity index (χ0n) is 77.7. The molecule has 47 heteroatoms. The average molecular weight is 2130 g/mol. The number of ether oxygens (including phenoxy) is 9. The van der Waals surface area contributed by atoms with Gasteiger partial charge in [0.25, 0.3) is 29.5 Å². The van der Waals surface area contributed by atoms with Crippen LogP contribution in [0.1, 0.15) is 126 Å². The second-order valence-electron chi connectivity index (χ2n) is 32.6. The first kappa shape index (κ1) is 117. The molecule has 5 heterocycles. The van der Waals surface area contributed by atoms with E-state index in [0.29, 0.717) is 140 Å². The number of methoxy groups -OCH3 is 1. The number of halogens is 6. The monoisotopic (exact) mass is 2120 g/mol. The van der Waals surface area contributed by atoms with E-state index in [4.69, 9.17) is 118 Å². The van der Waals surface area contributed by atoms with Crippen LogP contribution in [0, 0.1) is 0 Å². The summed E-state index contributed by atoms with van der Waals surface area (Å²) in [4.78, 5) is 108. The highest BCUT2D eigenvalue weighted by atomic mass is 35.5. The molecule has 0 bridgehead atoms. The summed E-state index contributed by atoms with van der Waals surface area (Å²) in [6.45, 7) is 13.1. The number of benzene rings is 6. The second-order valence-corrected chi connectivity index (χ2v) is 40.8. The van der Waals surface area contributed by atoms with Crippen molar-refractivity contribution in [1.29, 1.82) is 0 Å². The van der Waals surface area contributed by atoms with Crippen LogP contribution in [-0.4, -0.2) is 334 Å². The van der Waals surface area contributed by atoms with Crippen LogP contribution in [0.15, 0.2) is 124 Å². The Labute approximate surface area is 839 Å². The predicted octanol–water partition coefficient (Wildman–Crippen LogP) is 6.69. The molecule has 768 valence electrons. The van der Waals surface area contributed by atoms with Gasteiger partial charge in [-0.15, -0.1) is 10.1 Å². The number of aliphatic hydroxyl groups excluding tert-OH is 4. The maximum Gasteiger partial charge on any atom is 0.364 e. The third kappa shape index (κ3) is 37.0. The van der Waals surface area contributed by atoms with Crippen LogP contribution in [0.3, 0.4) is 0 Å². The number of nitrogens with one attached hydrogen (secondary N) is 3. The zero-order valence-corrected chi connectivity index (χ0v) is 84.7. The van der Waals surface area contributed by atoms with E-state index in [2.05, 4.69) is 39.1 Å². The van der Waals surface area contributed by atoms with E-state index in [1.807, 2.05) is 70.5 Å². The quantitative estimate of drug-likeness (QED) is 0.0146. The molecule has 5 amide bonds. The zero-order chi connectivity index (χ0) is 102. The molecule has 5 aliphatic rings. The molecule has 2 saturated heterocycles. The average Bonchev–Trinajstić information content (AvgIpc) is 1.75. The van der Waals surface area contributed by atoms with Gasteiger partial charge in [-0.2, -0.15) is 0 Å². The van der Waals surface area contributed by atoms with Crippen molar-refractivity contribution < 1.29 is 136 Å². The molecule has 7 unspecified atom stereocenters. The SMILES string of the molecule is CCCOCCCS(=O)(=O)c1cccc(C2CN(C)Cc3c(Cl)cc(Cl)cc32)c1.CN1Cc2c(Cl)cc(Cl)cc2C(c2cccc(S(=O)(=O)NCCOCCOCCOCCN)c2)C1.COCCOCCCC(=O)C(O)C(O)C(=O)NCCOCCOCCOCCNS(=O)(=O)c1cccc(C2CN(C)Cc3c(Cl)cc(Cl)cc32)c1.O=C(ON1C(=O)CCC1=O)C(O)C(O)C(=O)ON1C(=O)CCC1=O. The Morgan fingerprint density at radius 2 is 0.763 bits per heavy atom. The van der Waals surface area contributed by atoms with Gasteiger partial charge >= 0.3 is 11.9 Å². The lowest BCUT2D eigenvalue weighted by Gasteiger charge is -2.33. The van der Waals surface area contributed by atoms with Crippen molar-refractivity contribution in [3.63, 3.8) is 0 Å². The number of hydrogen-bond donors (Lipinski definition) is 8. The molecule has 38 nitrogen and oxygen atoms in total. The standard InChI is InChI=1S/C34H49Cl2N3O11S.C24H33Cl2N3O5S.C22H27Cl2NO3S.C12H12N2O10/c1-39-22-28(27-20-25(35)21-30(36)29(27)23-39)24-5-3-6-26(19-24)51(44,45)38-9-12-49-16-18-50-17-15-48-11-8-37-34(43)33(42)32(41)31(40)7-4-10-47-14-13-46-2;1-29-16-22(21-14-19(25)15-24(26)23(21)17-29)18-3-2-4-20(13-18)35(30,31)28-6-8-33-10-12-34-11-9-32-7-5-27;1-3-8-28-9-5-10-29(26,27)18-7-4-6-16(11-18)20-14-25(2)15-21-19(20)12-17(23)13-22(21)24;15-5-1-2-6(16)13(5)23-11(21)9(19)10(20)12(22)24-14-7(17)3-4-8(14)18/h3,5-6,19-21,28,32-33,38,41-42H,4,7-18,22-23H2,1-2H3,(H,37,43);2-4,13-15,22,28H,5-12,16-17,27H2,1H3;4,6-7,11-13,20H,3,5,8-10,14-15H2,1-2H3;9-10,19-20H,1-4H2. The minimum Gasteiger partial charge on any atom is -0.382 e. The van der Waals surface area contributed by atoms with Gasteiger partial charge in [-0.05, 0) is 163 Å². The fourth-order valence-electron chi connectivity index (χ4n) is 14.9. The Hall–Kier alpha value is -7.49. The molecular formula is C92H121Cl6N9O29S3. The molecule has 11 rings (SSSR count). The highest BCUT2D eigenvalue weighted by Gasteiger charge is 2.43. The molecule has 6 aromatic carbocycles. The molecule has 7 atom stereocenters. The van der Waals surface area contributed by atoms with Gasteiger partial charge in [-0.3, -0.25) is 28.8 Å². The van der Waals surface area contributed by atoms with Crippen LogP contribution in [0.25, 0.3) is 0 Å². The van der Waals surface area contributed by atoms with Crippen molar-refractivity contribution >= 4 is 147 Å². The van der Waals surface area contributed by atoms with Gasteiger partial charge in [0.05, 0.1) is 113 Å². The van der Waals surface area contributed by atoms with Crippen molar-refractivity contribution in [3.05, 3.63) is 189 Å². The van der Waals surface area contributed by atoms with E-state index in [0.717, 1.165) is 76.1 Å². The minimum absolute atomic E-state index is 0.0167. The van der Waals surface area contributed by atoms with Crippen LogP contribution >= 0.6 is 69.6 Å². The normalized spacial score (nSPS) is 17.2. The summed E-state index contributed by atoms with van der Waals surface area (Å²) in [5, 5.41) is 45.2.